The summed E-state index contributed by atoms with van der Waals surface area (Å²) < 4.78 is 22.0. The first kappa shape index (κ1) is 18.7. The van der Waals surface area contributed by atoms with E-state index in [0.29, 0.717) is 13.2 Å². The van der Waals surface area contributed by atoms with Gasteiger partial charge in [-0.05, 0) is 19.4 Å². The Labute approximate surface area is 153 Å². The number of esters is 1. The van der Waals surface area contributed by atoms with E-state index in [1.807, 2.05) is 44.2 Å². The fourth-order valence-corrected chi connectivity index (χ4v) is 3.45. The number of likely N-dealkylation sites (tertiary alicyclic amines) is 1. The molecule has 7 heteroatoms. The maximum atomic E-state index is 12.5. The Morgan fingerprint density at radius 1 is 1.23 bits per heavy atom. The first-order valence-corrected chi connectivity index (χ1v) is 8.75. The summed E-state index contributed by atoms with van der Waals surface area (Å²) in [7, 11) is 1.34. The summed E-state index contributed by atoms with van der Waals surface area (Å²) in [6.45, 7) is 4.86. The van der Waals surface area contributed by atoms with E-state index >= 15 is 0 Å². The molecule has 2 saturated heterocycles. The van der Waals surface area contributed by atoms with Crippen LogP contribution in [0.3, 0.4) is 0 Å². The zero-order chi connectivity index (χ0) is 18.7. The van der Waals surface area contributed by atoms with Crippen LogP contribution in [-0.4, -0.2) is 55.7 Å². The lowest BCUT2D eigenvalue weighted by molar-refractivity contribution is -0.309. The molecule has 0 N–H and O–H groups in total. The van der Waals surface area contributed by atoms with Crippen LogP contribution >= 0.6 is 0 Å². The first-order valence-electron chi connectivity index (χ1n) is 8.75. The van der Waals surface area contributed by atoms with Gasteiger partial charge in [-0.15, -0.1) is 0 Å². The second-order valence-electron chi connectivity index (χ2n) is 7.13. The first-order chi connectivity index (χ1) is 12.4. The molecular weight excluding hydrogens is 338 g/mol. The van der Waals surface area contributed by atoms with Crippen LogP contribution in [0.2, 0.25) is 0 Å². The second-order valence-corrected chi connectivity index (χ2v) is 7.13. The van der Waals surface area contributed by atoms with Crippen molar-refractivity contribution in [2.24, 2.45) is 11.8 Å². The molecule has 142 valence electrons. The Hall–Kier alpha value is -2.12. The number of piperidine rings is 1. The minimum Gasteiger partial charge on any atom is -0.469 e. The Morgan fingerprint density at radius 2 is 1.96 bits per heavy atom. The van der Waals surface area contributed by atoms with Crippen LogP contribution in [0.4, 0.5) is 4.79 Å². The van der Waals surface area contributed by atoms with Crippen molar-refractivity contribution in [1.82, 2.24) is 4.90 Å². The number of carbonyl (C=O) groups excluding carboxylic acids is 2. The van der Waals surface area contributed by atoms with Gasteiger partial charge >= 0.3 is 12.1 Å². The molecule has 0 bridgehead atoms. The molecule has 0 radical (unpaired) electrons. The molecule has 1 aromatic rings. The van der Waals surface area contributed by atoms with E-state index in [-0.39, 0.29) is 25.2 Å². The molecule has 0 aromatic heterocycles. The third kappa shape index (κ3) is 4.16. The predicted molar refractivity (Wildman–Crippen MR) is 92.1 cm³/mol. The van der Waals surface area contributed by atoms with Crippen molar-refractivity contribution in [1.29, 1.82) is 0 Å². The topological polar surface area (TPSA) is 74.3 Å². The summed E-state index contributed by atoms with van der Waals surface area (Å²) in [6, 6.07) is 9.46. The highest BCUT2D eigenvalue weighted by Gasteiger charge is 2.49. The molecule has 2 heterocycles. The smallest absolute Gasteiger partial charge is 0.410 e. The fraction of sp³-hybridized carbons (Fsp3) is 0.579. The van der Waals surface area contributed by atoms with Crippen LogP contribution < -0.4 is 0 Å². The molecule has 1 aromatic carbocycles. The molecule has 0 aliphatic carbocycles. The van der Waals surface area contributed by atoms with Gasteiger partial charge in [-0.1, -0.05) is 30.3 Å². The average Bonchev–Trinajstić information content (AvgIpc) is 2.65. The number of benzene rings is 1. The van der Waals surface area contributed by atoms with E-state index in [4.69, 9.17) is 18.9 Å². The number of methoxy groups -OCH3 is 1. The summed E-state index contributed by atoms with van der Waals surface area (Å²) >= 11 is 0. The number of ether oxygens (including phenoxy) is 4. The Balaban J connectivity index is 1.67. The fourth-order valence-electron chi connectivity index (χ4n) is 3.45. The van der Waals surface area contributed by atoms with E-state index in [1.54, 1.807) is 0 Å². The Kier molecular flexibility index (Phi) is 5.48. The van der Waals surface area contributed by atoms with Gasteiger partial charge in [0.25, 0.3) is 0 Å². The van der Waals surface area contributed by atoms with Crippen molar-refractivity contribution < 1.29 is 28.5 Å². The number of amides is 1. The maximum Gasteiger partial charge on any atom is 0.410 e. The lowest BCUT2D eigenvalue weighted by Crippen LogP contribution is -2.60. The highest BCUT2D eigenvalue weighted by atomic mass is 16.7. The molecule has 0 saturated carbocycles. The molecule has 2 fully saturated rings. The SMILES string of the molecule is COC(=O)[C@@H]1CN(C(=O)OCc2ccccc2)C[C@@H]2COC(C)(C)O[C@@H]21. The van der Waals surface area contributed by atoms with Gasteiger partial charge < -0.3 is 23.8 Å². The van der Waals surface area contributed by atoms with Gasteiger partial charge in [0.15, 0.2) is 5.79 Å². The quantitative estimate of drug-likeness (QED) is 0.767. The molecular formula is C19H25NO6. The Bertz CT molecular complexity index is 647. The number of fused-ring (bicyclic) bond motifs is 1. The summed E-state index contributed by atoms with van der Waals surface area (Å²) in [6.07, 6.45) is -0.796. The van der Waals surface area contributed by atoms with Crippen molar-refractivity contribution in [3.05, 3.63) is 35.9 Å². The second kappa shape index (κ2) is 7.63. The van der Waals surface area contributed by atoms with Gasteiger partial charge in [0.1, 0.15) is 12.5 Å². The van der Waals surface area contributed by atoms with Crippen molar-refractivity contribution >= 4 is 12.1 Å². The summed E-state index contributed by atoms with van der Waals surface area (Å²) in [5.41, 5.74) is 0.909. The van der Waals surface area contributed by atoms with Gasteiger partial charge in [0.2, 0.25) is 0 Å². The average molecular weight is 363 g/mol. The molecule has 26 heavy (non-hydrogen) atoms. The van der Waals surface area contributed by atoms with Crippen molar-refractivity contribution in [2.75, 3.05) is 26.8 Å². The summed E-state index contributed by atoms with van der Waals surface area (Å²) in [5.74, 6) is -1.82. The zero-order valence-electron chi connectivity index (χ0n) is 15.3. The largest absolute Gasteiger partial charge is 0.469 e. The third-order valence-electron chi connectivity index (χ3n) is 4.77. The van der Waals surface area contributed by atoms with E-state index in [0.717, 1.165) is 5.56 Å². The van der Waals surface area contributed by atoms with Gasteiger partial charge in [0, 0.05) is 19.0 Å². The van der Waals surface area contributed by atoms with Gasteiger partial charge in [0.05, 0.1) is 19.8 Å². The molecule has 1 amide bonds. The van der Waals surface area contributed by atoms with Crippen molar-refractivity contribution in [3.63, 3.8) is 0 Å². The molecule has 3 rings (SSSR count). The molecule has 2 aliphatic rings. The highest BCUT2D eigenvalue weighted by Crippen LogP contribution is 2.35. The number of hydrogen-bond donors (Lipinski definition) is 0. The standard InChI is InChI=1S/C19H25NO6/c1-19(2)25-12-14-9-20(10-15(16(14)26-19)17(21)23-3)18(22)24-11-13-7-5-4-6-8-13/h4-8,14-16H,9-12H2,1-3H3/t14-,15-,16+/m1/s1. The lowest BCUT2D eigenvalue weighted by Gasteiger charge is -2.48. The number of carbonyl (C=O) groups is 2. The van der Waals surface area contributed by atoms with Gasteiger partial charge in [-0.2, -0.15) is 0 Å². The van der Waals surface area contributed by atoms with E-state index < -0.39 is 23.8 Å². The number of rotatable bonds is 3. The third-order valence-corrected chi connectivity index (χ3v) is 4.77. The maximum absolute atomic E-state index is 12.5. The zero-order valence-corrected chi connectivity index (χ0v) is 15.3. The molecule has 7 nitrogen and oxygen atoms in total. The van der Waals surface area contributed by atoms with E-state index in [2.05, 4.69) is 0 Å². The summed E-state index contributed by atoms with van der Waals surface area (Å²) in [5, 5.41) is 0. The van der Waals surface area contributed by atoms with Crippen LogP contribution in [0, 0.1) is 11.8 Å². The van der Waals surface area contributed by atoms with Gasteiger partial charge in [-0.3, -0.25) is 4.79 Å². The van der Waals surface area contributed by atoms with Crippen molar-refractivity contribution in [3.8, 4) is 0 Å². The van der Waals surface area contributed by atoms with Crippen LogP contribution in [0.1, 0.15) is 19.4 Å². The van der Waals surface area contributed by atoms with Crippen LogP contribution in [-0.2, 0) is 30.3 Å². The molecule has 3 atom stereocenters. The lowest BCUT2D eigenvalue weighted by atomic mass is 9.85. The Morgan fingerprint density at radius 3 is 2.65 bits per heavy atom. The number of hydrogen-bond acceptors (Lipinski definition) is 6. The minimum absolute atomic E-state index is 0.106. The minimum atomic E-state index is -0.760. The van der Waals surface area contributed by atoms with Crippen LogP contribution in [0.15, 0.2) is 30.3 Å². The molecule has 0 unspecified atom stereocenters. The van der Waals surface area contributed by atoms with E-state index in [1.165, 1.54) is 12.0 Å². The van der Waals surface area contributed by atoms with Gasteiger partial charge in [-0.25, -0.2) is 4.79 Å². The molecule has 0 spiro atoms. The predicted octanol–water partition coefficient (Wildman–Crippen LogP) is 2.20. The van der Waals surface area contributed by atoms with E-state index in [9.17, 15) is 9.59 Å². The highest BCUT2D eigenvalue weighted by molar-refractivity contribution is 5.75. The van der Waals surface area contributed by atoms with Crippen LogP contribution in [0.5, 0.6) is 0 Å². The van der Waals surface area contributed by atoms with Crippen LogP contribution in [0.25, 0.3) is 0 Å². The molecule has 2 aliphatic heterocycles. The normalized spacial score (nSPS) is 27.3. The summed E-state index contributed by atoms with van der Waals surface area (Å²) in [4.78, 5) is 26.3. The van der Waals surface area contributed by atoms with Crippen molar-refractivity contribution in [2.45, 2.75) is 32.3 Å². The monoisotopic (exact) mass is 363 g/mol. The number of nitrogens with zero attached hydrogens (tertiary/aromatic N) is 1.